The zero-order valence-corrected chi connectivity index (χ0v) is 9.55. The first-order valence-corrected chi connectivity index (χ1v) is 2.31. The minimum absolute atomic E-state index is 0. The summed E-state index contributed by atoms with van der Waals surface area (Å²) in [6.45, 7) is 0. The topological polar surface area (TPSA) is 115 Å². The maximum absolute atomic E-state index is 7.72. The molecule has 0 amide bonds. The van der Waals surface area contributed by atoms with E-state index in [1.807, 2.05) is 0 Å². The van der Waals surface area contributed by atoms with Crippen molar-refractivity contribution >= 4 is 59.3 Å². The summed E-state index contributed by atoms with van der Waals surface area (Å²) in [7, 11) is 0. The zero-order valence-electron chi connectivity index (χ0n) is 4.38. The van der Waals surface area contributed by atoms with Crippen LogP contribution in [0.1, 0.15) is 0 Å². The Hall–Kier alpha value is 1.83. The molecule has 0 rings (SSSR count). The number of halogens is 5. The number of hydrogen-bond acceptors (Lipinski definition) is 5. The van der Waals surface area contributed by atoms with Gasteiger partial charge in [-0.2, -0.15) is 0 Å². The van der Waals surface area contributed by atoms with Crippen LogP contribution in [0.4, 0.5) is 0 Å². The van der Waals surface area contributed by atoms with E-state index in [2.05, 4.69) is 59.3 Å². The molecule has 0 bridgehead atoms. The van der Waals surface area contributed by atoms with Crippen LogP contribution in [0.5, 0.6) is 0 Å². The summed E-state index contributed by atoms with van der Waals surface area (Å²) in [5, 5.41) is 0. The van der Waals surface area contributed by atoms with Gasteiger partial charge >= 0.3 is 0 Å². The van der Waals surface area contributed by atoms with E-state index in [1.165, 1.54) is 0 Å². The van der Waals surface area contributed by atoms with Gasteiger partial charge in [-0.1, -0.05) is 0 Å². The van der Waals surface area contributed by atoms with Crippen molar-refractivity contribution in [2.45, 2.75) is 0 Å². The molecule has 0 aliphatic rings. The van der Waals surface area contributed by atoms with Gasteiger partial charge in [0.2, 0.25) is 0 Å². The molecule has 0 atom stereocenters. The minimum atomic E-state index is 0. The Morgan fingerprint density at radius 3 is 0.364 bits per heavy atom. The van der Waals surface area contributed by atoms with Crippen LogP contribution < -0.4 is 23.3 Å². The van der Waals surface area contributed by atoms with Crippen molar-refractivity contribution in [1.29, 1.82) is 0 Å². The summed E-state index contributed by atoms with van der Waals surface area (Å²) in [5.74, 6) is 0. The predicted molar refractivity (Wildman–Crippen MR) is 29.3 cm³/mol. The van der Waals surface area contributed by atoms with Crippen molar-refractivity contribution in [3.8, 4) is 0 Å². The molecule has 11 heavy (non-hydrogen) atoms. The van der Waals surface area contributed by atoms with Crippen LogP contribution in [0.2, 0.25) is 0 Å². The summed E-state index contributed by atoms with van der Waals surface area (Å²) in [6.07, 6.45) is 0. The summed E-state index contributed by atoms with van der Waals surface area (Å²) in [4.78, 5) is 0. The normalized spacial score (nSPS) is 2.73. The molecule has 0 aliphatic heterocycles. The van der Waals surface area contributed by atoms with Crippen LogP contribution in [0.15, 0.2) is 0 Å². The van der Waals surface area contributed by atoms with Gasteiger partial charge < -0.3 is 23.3 Å². The van der Waals surface area contributed by atoms with Crippen LogP contribution in [0.3, 0.4) is 0 Å². The largest absolute Gasteiger partial charge is 0.769 e. The molecule has 0 N–H and O–H groups in total. The fourth-order valence-corrected chi connectivity index (χ4v) is 0. The Morgan fingerprint density at radius 2 is 0.364 bits per heavy atom. The van der Waals surface area contributed by atoms with Crippen LogP contribution >= 0.6 is 59.3 Å². The van der Waals surface area contributed by atoms with Gasteiger partial charge in [0.1, 0.15) is 0 Å². The summed E-state index contributed by atoms with van der Waals surface area (Å²) in [6, 6.07) is 0. The summed E-state index contributed by atoms with van der Waals surface area (Å²) in [5.41, 5.74) is 0. The second-order valence-corrected chi connectivity index (χ2v) is 0. The Balaban J connectivity index is -0.00000000694. The third-order valence-corrected chi connectivity index (χ3v) is 0. The second kappa shape index (κ2) is 413. The van der Waals surface area contributed by atoms with Crippen LogP contribution in [-0.2, 0) is 18.6 Å². The molecule has 0 unspecified atom stereocenters. The van der Waals surface area contributed by atoms with E-state index < -0.39 is 0 Å². The van der Waals surface area contributed by atoms with E-state index in [9.17, 15) is 0 Å². The van der Waals surface area contributed by atoms with Crippen molar-refractivity contribution in [3.05, 3.63) is 0 Å². The van der Waals surface area contributed by atoms with Crippen molar-refractivity contribution in [3.63, 3.8) is 0 Å². The Labute approximate surface area is 101 Å². The maximum Gasteiger partial charge on any atom is 0 e. The summed E-state index contributed by atoms with van der Waals surface area (Å²) >= 11 is 16.9. The van der Waals surface area contributed by atoms with Gasteiger partial charge in [-0.05, 0) is 0 Å². The molecule has 0 saturated carbocycles. The first-order valence-electron chi connectivity index (χ1n) is 0.772. The third kappa shape index (κ3) is 340. The number of hydrogen-bond donors (Lipinski definition) is 0. The average molecular weight is 308 g/mol. The fraction of sp³-hybridized carbons (Fsp3) is 0. The van der Waals surface area contributed by atoms with E-state index >= 15 is 0 Å². The molecule has 1 radical (unpaired) electrons. The molecule has 5 nitrogen and oxygen atoms in total. The molecule has 11 heteroatoms. The predicted octanol–water partition coefficient (Wildman–Crippen LogP) is -2.50. The molecule has 0 aromatic heterocycles. The molecule has 0 aromatic rings. The molecule has 0 aromatic carbocycles. The van der Waals surface area contributed by atoms with Gasteiger partial charge in [-0.25, -0.2) is 59.3 Å². The van der Waals surface area contributed by atoms with E-state index in [0.717, 1.165) is 0 Å². The molecule has 0 fully saturated rings. The van der Waals surface area contributed by atoms with E-state index in [4.69, 9.17) is 23.3 Å². The maximum atomic E-state index is 7.72. The van der Waals surface area contributed by atoms with Gasteiger partial charge in [-0.15, -0.1) is 0 Å². The molecule has 0 heterocycles. The van der Waals surface area contributed by atoms with E-state index in [-0.39, 0.29) is 18.6 Å². The van der Waals surface area contributed by atoms with Gasteiger partial charge in [0.25, 0.3) is 0 Å². The monoisotopic (exact) mass is 306 g/mol. The van der Waals surface area contributed by atoms with E-state index in [0.29, 0.717) is 0 Å². The van der Waals surface area contributed by atoms with Crippen LogP contribution in [-0.4, -0.2) is 0 Å². The Bertz CT molecular complexity index is 14.8. The van der Waals surface area contributed by atoms with Crippen molar-refractivity contribution in [1.82, 2.24) is 0 Å². The second-order valence-electron chi connectivity index (χ2n) is 0. The van der Waals surface area contributed by atoms with Crippen molar-refractivity contribution < 1.29 is 41.9 Å². The molecule has 0 saturated heterocycles. The van der Waals surface area contributed by atoms with Crippen LogP contribution in [0.25, 0.3) is 0 Å². The average Bonchev–Trinajstić information content (AvgIpc) is 2.20. The Morgan fingerprint density at radius 1 is 0.364 bits per heavy atom. The van der Waals surface area contributed by atoms with Gasteiger partial charge in [-0.3, -0.25) is 0 Å². The molecule has 0 spiro atoms. The zero-order chi connectivity index (χ0) is 10.0. The molecule has 0 aliphatic carbocycles. The van der Waals surface area contributed by atoms with Gasteiger partial charge in [0.15, 0.2) is 0 Å². The Kier molecular flexibility index (Phi) is 1440. The standard InChI is InChI=1S/5ClO.V/c5*1-2;/q5*-1;. The third-order valence-electron chi connectivity index (χ3n) is 0. The van der Waals surface area contributed by atoms with Gasteiger partial charge in [0, 0.05) is 18.6 Å². The molecular weight excluding hydrogens is 308 g/mol. The first kappa shape index (κ1) is 38.5. The van der Waals surface area contributed by atoms with Crippen LogP contribution in [0, 0.1) is 0 Å². The number of rotatable bonds is 0. The smallest absolute Gasteiger partial charge is 0 e. The molecular formula is Cl5O5V-5. The first-order chi connectivity index (χ1) is 5.00. The van der Waals surface area contributed by atoms with Crippen molar-refractivity contribution in [2.24, 2.45) is 0 Å². The minimum Gasteiger partial charge on any atom is -0.769 e. The fourth-order valence-electron chi connectivity index (χ4n) is 0. The SMILES string of the molecule is [O-]Cl.[O-]Cl.[O-]Cl.[O-]Cl.[O-]Cl.[V]. The molecule has 75 valence electrons. The van der Waals surface area contributed by atoms with Crippen molar-refractivity contribution in [2.75, 3.05) is 0 Å². The van der Waals surface area contributed by atoms with E-state index in [1.54, 1.807) is 0 Å². The van der Waals surface area contributed by atoms with Gasteiger partial charge in [0.05, 0.1) is 0 Å². The quantitative estimate of drug-likeness (QED) is 0.490. The summed E-state index contributed by atoms with van der Waals surface area (Å²) < 4.78 is 38.6.